The van der Waals surface area contributed by atoms with Gasteiger partial charge in [0.15, 0.2) is 0 Å². The fraction of sp³-hybridized carbons (Fsp3) is 0.400. The number of amides is 1. The van der Waals surface area contributed by atoms with Crippen LogP contribution in [-0.4, -0.2) is 29.7 Å². The summed E-state index contributed by atoms with van der Waals surface area (Å²) in [6, 6.07) is 5.27. The van der Waals surface area contributed by atoms with Gasteiger partial charge in [0.1, 0.15) is 16.4 Å². The fourth-order valence-corrected chi connectivity index (χ4v) is 2.78. The van der Waals surface area contributed by atoms with Crippen molar-refractivity contribution in [3.63, 3.8) is 0 Å². The van der Waals surface area contributed by atoms with Crippen molar-refractivity contribution in [1.82, 2.24) is 14.9 Å². The molecule has 1 aromatic carbocycles. The van der Waals surface area contributed by atoms with Crippen LogP contribution in [0.4, 0.5) is 0 Å². The Morgan fingerprint density at radius 3 is 2.77 bits per heavy atom. The number of nitrogens with zero attached hydrogens (tertiary/aromatic N) is 2. The molecule has 6 nitrogen and oxygen atoms in total. The van der Waals surface area contributed by atoms with Gasteiger partial charge in [0.2, 0.25) is 0 Å². The number of benzene rings is 1. The first-order valence-corrected chi connectivity index (χ1v) is 7.72. The van der Waals surface area contributed by atoms with Crippen molar-refractivity contribution in [3.8, 4) is 11.5 Å². The molecule has 0 aliphatic rings. The van der Waals surface area contributed by atoms with Crippen LogP contribution < -0.4 is 14.8 Å². The topological polar surface area (TPSA) is 73.3 Å². The van der Waals surface area contributed by atoms with Gasteiger partial charge in [0.25, 0.3) is 5.91 Å². The number of ether oxygens (including phenoxy) is 2. The van der Waals surface area contributed by atoms with Gasteiger partial charge in [-0.2, -0.15) is 0 Å². The first kappa shape index (κ1) is 16.2. The standard InChI is InChI=1S/C15H19N3O3S/c1-5-12-14(22-18-17-12)15(19)16-9(2)11-8-10(20-3)6-7-13(11)21-4/h6-9H,5H2,1-4H3,(H,16,19). The van der Waals surface area contributed by atoms with E-state index in [0.717, 1.165) is 17.1 Å². The van der Waals surface area contributed by atoms with E-state index in [1.807, 2.05) is 32.0 Å². The van der Waals surface area contributed by atoms with Gasteiger partial charge in [-0.05, 0) is 43.1 Å². The van der Waals surface area contributed by atoms with E-state index in [0.29, 0.717) is 28.5 Å². The normalized spacial score (nSPS) is 11.8. The monoisotopic (exact) mass is 321 g/mol. The minimum atomic E-state index is -0.232. The zero-order valence-corrected chi connectivity index (χ0v) is 13.9. The van der Waals surface area contributed by atoms with Gasteiger partial charge >= 0.3 is 0 Å². The minimum absolute atomic E-state index is 0.177. The highest BCUT2D eigenvalue weighted by Crippen LogP contribution is 2.29. The third-order valence-corrected chi connectivity index (χ3v) is 4.11. The van der Waals surface area contributed by atoms with Crippen molar-refractivity contribution < 1.29 is 14.3 Å². The largest absolute Gasteiger partial charge is 0.497 e. The predicted molar refractivity (Wildman–Crippen MR) is 84.7 cm³/mol. The molecule has 0 aliphatic carbocycles. The lowest BCUT2D eigenvalue weighted by atomic mass is 10.1. The molecule has 0 radical (unpaired) electrons. The van der Waals surface area contributed by atoms with Crippen molar-refractivity contribution in [2.45, 2.75) is 26.3 Å². The maximum Gasteiger partial charge on any atom is 0.265 e. The summed E-state index contributed by atoms with van der Waals surface area (Å²) in [6.07, 6.45) is 0.677. The van der Waals surface area contributed by atoms with E-state index in [1.165, 1.54) is 0 Å². The van der Waals surface area contributed by atoms with E-state index in [-0.39, 0.29) is 11.9 Å². The average Bonchev–Trinajstić information content (AvgIpc) is 3.02. The maximum absolute atomic E-state index is 12.4. The highest BCUT2D eigenvalue weighted by molar-refractivity contribution is 7.08. The Morgan fingerprint density at radius 1 is 1.36 bits per heavy atom. The summed E-state index contributed by atoms with van der Waals surface area (Å²) in [6.45, 7) is 3.84. The number of methoxy groups -OCH3 is 2. The van der Waals surface area contributed by atoms with Crippen LogP contribution in [0.15, 0.2) is 18.2 Å². The SMILES string of the molecule is CCc1nnsc1C(=O)NC(C)c1cc(OC)ccc1OC. The summed E-state index contributed by atoms with van der Waals surface area (Å²) in [7, 11) is 3.20. The zero-order valence-electron chi connectivity index (χ0n) is 13.0. The van der Waals surface area contributed by atoms with Gasteiger partial charge in [-0.15, -0.1) is 5.10 Å². The number of nitrogens with one attached hydrogen (secondary N) is 1. The second kappa shape index (κ2) is 7.22. The van der Waals surface area contributed by atoms with Crippen molar-refractivity contribution in [2.24, 2.45) is 0 Å². The molecular weight excluding hydrogens is 302 g/mol. The van der Waals surface area contributed by atoms with Crippen LogP contribution in [0.2, 0.25) is 0 Å². The Morgan fingerprint density at radius 2 is 2.14 bits per heavy atom. The minimum Gasteiger partial charge on any atom is -0.497 e. The summed E-state index contributed by atoms with van der Waals surface area (Å²) < 4.78 is 14.4. The molecule has 22 heavy (non-hydrogen) atoms. The van der Waals surface area contributed by atoms with Crippen molar-refractivity contribution in [3.05, 3.63) is 34.3 Å². The third-order valence-electron chi connectivity index (χ3n) is 3.35. The Balaban J connectivity index is 2.21. The summed E-state index contributed by atoms with van der Waals surface area (Å²) in [5.41, 5.74) is 1.57. The van der Waals surface area contributed by atoms with Crippen molar-refractivity contribution in [1.29, 1.82) is 0 Å². The smallest absolute Gasteiger partial charge is 0.265 e. The summed E-state index contributed by atoms with van der Waals surface area (Å²) in [4.78, 5) is 12.9. The highest BCUT2D eigenvalue weighted by atomic mass is 32.1. The van der Waals surface area contributed by atoms with Crippen LogP contribution in [-0.2, 0) is 6.42 Å². The molecule has 1 heterocycles. The summed E-state index contributed by atoms with van der Waals surface area (Å²) in [5, 5.41) is 6.92. The van der Waals surface area contributed by atoms with Gasteiger partial charge in [-0.1, -0.05) is 11.4 Å². The number of aryl methyl sites for hydroxylation is 1. The van der Waals surface area contributed by atoms with Crippen LogP contribution in [0.5, 0.6) is 11.5 Å². The average molecular weight is 321 g/mol. The lowest BCUT2D eigenvalue weighted by Crippen LogP contribution is -2.27. The predicted octanol–water partition coefficient (Wildman–Crippen LogP) is 2.61. The lowest BCUT2D eigenvalue weighted by molar-refractivity contribution is 0.0942. The van der Waals surface area contributed by atoms with E-state index in [1.54, 1.807) is 14.2 Å². The Bertz CT molecular complexity index is 657. The van der Waals surface area contributed by atoms with Crippen LogP contribution in [0.1, 0.15) is 40.8 Å². The zero-order chi connectivity index (χ0) is 16.1. The molecule has 1 unspecified atom stereocenters. The Hall–Kier alpha value is -2.15. The Kier molecular flexibility index (Phi) is 5.32. The molecule has 2 rings (SSSR count). The van der Waals surface area contributed by atoms with E-state index < -0.39 is 0 Å². The second-order valence-corrected chi connectivity index (χ2v) is 5.46. The second-order valence-electron chi connectivity index (χ2n) is 4.71. The number of rotatable bonds is 6. The molecule has 0 spiro atoms. The van der Waals surface area contributed by atoms with Crippen LogP contribution in [0.3, 0.4) is 0 Å². The van der Waals surface area contributed by atoms with E-state index in [2.05, 4.69) is 14.9 Å². The molecule has 118 valence electrons. The van der Waals surface area contributed by atoms with E-state index >= 15 is 0 Å². The van der Waals surface area contributed by atoms with Gasteiger partial charge < -0.3 is 14.8 Å². The maximum atomic E-state index is 12.4. The highest BCUT2D eigenvalue weighted by Gasteiger charge is 2.20. The van der Waals surface area contributed by atoms with Gasteiger partial charge in [-0.25, -0.2) is 0 Å². The first-order valence-electron chi connectivity index (χ1n) is 6.94. The molecule has 7 heteroatoms. The molecule has 1 atom stereocenters. The van der Waals surface area contributed by atoms with Gasteiger partial charge in [0.05, 0.1) is 26.0 Å². The molecule has 2 aromatic rings. The summed E-state index contributed by atoms with van der Waals surface area (Å²) in [5.74, 6) is 1.24. The third kappa shape index (κ3) is 3.36. The number of hydrogen-bond acceptors (Lipinski definition) is 6. The Labute approximate surface area is 133 Å². The molecule has 0 saturated heterocycles. The van der Waals surface area contributed by atoms with E-state index in [9.17, 15) is 4.79 Å². The number of aromatic nitrogens is 2. The molecule has 0 saturated carbocycles. The molecule has 1 N–H and O–H groups in total. The molecule has 1 aromatic heterocycles. The lowest BCUT2D eigenvalue weighted by Gasteiger charge is -2.18. The van der Waals surface area contributed by atoms with Crippen LogP contribution >= 0.6 is 11.5 Å². The van der Waals surface area contributed by atoms with E-state index in [4.69, 9.17) is 9.47 Å². The van der Waals surface area contributed by atoms with Gasteiger partial charge in [-0.3, -0.25) is 4.79 Å². The quantitative estimate of drug-likeness (QED) is 0.885. The molecule has 0 aliphatic heterocycles. The fourth-order valence-electron chi connectivity index (χ4n) is 2.13. The summed E-state index contributed by atoms with van der Waals surface area (Å²) >= 11 is 1.11. The molecule has 1 amide bonds. The molecule has 0 fully saturated rings. The van der Waals surface area contributed by atoms with Crippen LogP contribution in [0.25, 0.3) is 0 Å². The van der Waals surface area contributed by atoms with Gasteiger partial charge in [0, 0.05) is 5.56 Å². The molecule has 0 bridgehead atoms. The first-order chi connectivity index (χ1) is 10.6. The molecular formula is C15H19N3O3S. The van der Waals surface area contributed by atoms with Crippen molar-refractivity contribution in [2.75, 3.05) is 14.2 Å². The number of carbonyl (C=O) groups is 1. The number of hydrogen-bond donors (Lipinski definition) is 1. The number of carbonyl (C=O) groups excluding carboxylic acids is 1. The van der Waals surface area contributed by atoms with Crippen molar-refractivity contribution >= 4 is 17.4 Å². The van der Waals surface area contributed by atoms with Crippen LogP contribution in [0, 0.1) is 0 Å².